The number of urea groups is 1. The smallest absolute Gasteiger partial charge is 0.318 e. The summed E-state index contributed by atoms with van der Waals surface area (Å²) >= 11 is 0. The zero-order valence-corrected chi connectivity index (χ0v) is 11.5. The van der Waals surface area contributed by atoms with Crippen molar-refractivity contribution >= 4 is 11.9 Å². The van der Waals surface area contributed by atoms with Crippen LogP contribution in [0.15, 0.2) is 24.3 Å². The van der Waals surface area contributed by atoms with E-state index in [2.05, 4.69) is 10.6 Å². The quantitative estimate of drug-likeness (QED) is 0.871. The Morgan fingerprint density at radius 3 is 2.65 bits per heavy atom. The molecule has 2 N–H and O–H groups in total. The van der Waals surface area contributed by atoms with Gasteiger partial charge in [0, 0.05) is 12.6 Å². The minimum Gasteiger partial charge on any atom is -0.350 e. The predicted molar refractivity (Wildman–Crippen MR) is 72.4 cm³/mol. The molecule has 1 heterocycles. The highest BCUT2D eigenvalue weighted by molar-refractivity contribution is 5.90. The number of rotatable bonds is 4. The molecular formula is C14H18FN3O2. The Labute approximate surface area is 117 Å². The van der Waals surface area contributed by atoms with Crippen LogP contribution >= 0.6 is 0 Å². The molecule has 1 fully saturated rings. The first-order valence-electron chi connectivity index (χ1n) is 6.56. The van der Waals surface area contributed by atoms with Crippen molar-refractivity contribution < 1.29 is 14.0 Å². The third kappa shape index (κ3) is 3.26. The molecule has 0 spiro atoms. The molecule has 6 heteroatoms. The first kappa shape index (κ1) is 14.3. The van der Waals surface area contributed by atoms with Gasteiger partial charge < -0.3 is 15.5 Å². The Morgan fingerprint density at radius 2 is 2.10 bits per heavy atom. The SMILES string of the molecule is CC(C)N1CC(C(=O)NCc2ccc(F)cc2)NC1=O. The summed E-state index contributed by atoms with van der Waals surface area (Å²) in [7, 11) is 0. The van der Waals surface area contributed by atoms with Crippen LogP contribution in [0.4, 0.5) is 9.18 Å². The Bertz CT molecular complexity index is 502. The summed E-state index contributed by atoms with van der Waals surface area (Å²) in [6.45, 7) is 4.48. The van der Waals surface area contributed by atoms with Gasteiger partial charge in [0.05, 0.1) is 6.54 Å². The van der Waals surface area contributed by atoms with Crippen LogP contribution in [0.3, 0.4) is 0 Å². The summed E-state index contributed by atoms with van der Waals surface area (Å²) in [6, 6.07) is 5.22. The van der Waals surface area contributed by atoms with Crippen LogP contribution < -0.4 is 10.6 Å². The van der Waals surface area contributed by atoms with Crippen LogP contribution in [0.5, 0.6) is 0 Å². The standard InChI is InChI=1S/C14H18FN3O2/c1-9(2)18-8-12(17-14(18)20)13(19)16-7-10-3-5-11(15)6-4-10/h3-6,9,12H,7-8H2,1-2H3,(H,16,19)(H,17,20). The number of hydrogen-bond donors (Lipinski definition) is 2. The van der Waals surface area contributed by atoms with Crippen LogP contribution in [0, 0.1) is 5.82 Å². The fourth-order valence-corrected chi connectivity index (χ4v) is 2.07. The molecule has 5 nitrogen and oxygen atoms in total. The first-order chi connectivity index (χ1) is 9.47. The van der Waals surface area contributed by atoms with Crippen LogP contribution in [0.25, 0.3) is 0 Å². The predicted octanol–water partition coefficient (Wildman–Crippen LogP) is 1.24. The van der Waals surface area contributed by atoms with E-state index in [0.29, 0.717) is 13.1 Å². The molecule has 1 aromatic carbocycles. The number of nitrogens with zero attached hydrogens (tertiary/aromatic N) is 1. The van der Waals surface area contributed by atoms with Crippen molar-refractivity contribution in [1.29, 1.82) is 0 Å². The number of hydrogen-bond acceptors (Lipinski definition) is 2. The van der Waals surface area contributed by atoms with E-state index in [-0.39, 0.29) is 23.8 Å². The molecule has 1 saturated heterocycles. The van der Waals surface area contributed by atoms with Gasteiger partial charge in [0.15, 0.2) is 0 Å². The Morgan fingerprint density at radius 1 is 1.45 bits per heavy atom. The molecule has 20 heavy (non-hydrogen) atoms. The summed E-state index contributed by atoms with van der Waals surface area (Å²) in [6.07, 6.45) is 0. The molecule has 0 saturated carbocycles. The summed E-state index contributed by atoms with van der Waals surface area (Å²) in [5.41, 5.74) is 0.810. The van der Waals surface area contributed by atoms with E-state index in [1.54, 1.807) is 17.0 Å². The van der Waals surface area contributed by atoms with E-state index in [1.165, 1.54) is 12.1 Å². The van der Waals surface area contributed by atoms with Crippen molar-refractivity contribution in [3.8, 4) is 0 Å². The molecule has 1 unspecified atom stereocenters. The van der Waals surface area contributed by atoms with Gasteiger partial charge in [0.1, 0.15) is 11.9 Å². The molecule has 108 valence electrons. The average Bonchev–Trinajstić information content (AvgIpc) is 2.80. The van der Waals surface area contributed by atoms with E-state index in [1.807, 2.05) is 13.8 Å². The molecular weight excluding hydrogens is 261 g/mol. The minimum absolute atomic E-state index is 0.0601. The normalized spacial score (nSPS) is 18.3. The van der Waals surface area contributed by atoms with Gasteiger partial charge in [-0.25, -0.2) is 9.18 Å². The van der Waals surface area contributed by atoms with Crippen molar-refractivity contribution in [2.24, 2.45) is 0 Å². The molecule has 2 rings (SSSR count). The lowest BCUT2D eigenvalue weighted by Crippen LogP contribution is -2.42. The van der Waals surface area contributed by atoms with Crippen molar-refractivity contribution in [3.63, 3.8) is 0 Å². The van der Waals surface area contributed by atoms with Gasteiger partial charge >= 0.3 is 6.03 Å². The summed E-state index contributed by atoms with van der Waals surface area (Å²) < 4.78 is 12.8. The lowest BCUT2D eigenvalue weighted by Gasteiger charge is -2.18. The molecule has 1 aliphatic rings. The Balaban J connectivity index is 1.87. The lowest BCUT2D eigenvalue weighted by molar-refractivity contribution is -0.122. The topological polar surface area (TPSA) is 61.4 Å². The highest BCUT2D eigenvalue weighted by Crippen LogP contribution is 2.09. The Hall–Kier alpha value is -2.11. The first-order valence-corrected chi connectivity index (χ1v) is 6.56. The van der Waals surface area contributed by atoms with Gasteiger partial charge in [-0.1, -0.05) is 12.1 Å². The maximum absolute atomic E-state index is 12.8. The third-order valence-corrected chi connectivity index (χ3v) is 3.26. The molecule has 0 radical (unpaired) electrons. The van der Waals surface area contributed by atoms with E-state index in [0.717, 1.165) is 5.56 Å². The highest BCUT2D eigenvalue weighted by Gasteiger charge is 2.34. The summed E-state index contributed by atoms with van der Waals surface area (Å²) in [5.74, 6) is -0.540. The molecule has 3 amide bonds. The second-order valence-corrected chi connectivity index (χ2v) is 5.09. The monoisotopic (exact) mass is 279 g/mol. The number of carbonyl (C=O) groups is 2. The van der Waals surface area contributed by atoms with Crippen LogP contribution in [-0.2, 0) is 11.3 Å². The number of carbonyl (C=O) groups excluding carboxylic acids is 2. The summed E-state index contributed by atoms with van der Waals surface area (Å²) in [5, 5.41) is 5.38. The number of nitrogens with one attached hydrogen (secondary N) is 2. The lowest BCUT2D eigenvalue weighted by atomic mass is 10.2. The molecule has 1 aliphatic heterocycles. The van der Waals surface area contributed by atoms with Crippen molar-refractivity contribution in [2.75, 3.05) is 6.54 Å². The van der Waals surface area contributed by atoms with E-state index < -0.39 is 6.04 Å². The van der Waals surface area contributed by atoms with Crippen LogP contribution in [0.1, 0.15) is 19.4 Å². The van der Waals surface area contributed by atoms with Gasteiger partial charge in [-0.15, -0.1) is 0 Å². The van der Waals surface area contributed by atoms with Gasteiger partial charge in [0.2, 0.25) is 5.91 Å². The highest BCUT2D eigenvalue weighted by atomic mass is 19.1. The minimum atomic E-state index is -0.537. The Kier molecular flexibility index (Phi) is 4.22. The van der Waals surface area contributed by atoms with E-state index in [9.17, 15) is 14.0 Å². The molecule has 0 aromatic heterocycles. The third-order valence-electron chi connectivity index (χ3n) is 3.26. The summed E-state index contributed by atoms with van der Waals surface area (Å²) in [4.78, 5) is 25.2. The van der Waals surface area contributed by atoms with Crippen LogP contribution in [0.2, 0.25) is 0 Å². The zero-order valence-electron chi connectivity index (χ0n) is 11.5. The maximum atomic E-state index is 12.8. The zero-order chi connectivity index (χ0) is 14.7. The number of halogens is 1. The molecule has 1 atom stereocenters. The maximum Gasteiger partial charge on any atom is 0.318 e. The van der Waals surface area contributed by atoms with Crippen molar-refractivity contribution in [1.82, 2.24) is 15.5 Å². The number of amides is 3. The molecule has 0 aliphatic carbocycles. The van der Waals surface area contributed by atoms with Crippen molar-refractivity contribution in [2.45, 2.75) is 32.5 Å². The average molecular weight is 279 g/mol. The second-order valence-electron chi connectivity index (χ2n) is 5.09. The largest absolute Gasteiger partial charge is 0.350 e. The molecule has 1 aromatic rings. The van der Waals surface area contributed by atoms with Gasteiger partial charge in [-0.2, -0.15) is 0 Å². The van der Waals surface area contributed by atoms with Gasteiger partial charge in [0.25, 0.3) is 0 Å². The van der Waals surface area contributed by atoms with Gasteiger partial charge in [-0.3, -0.25) is 4.79 Å². The van der Waals surface area contributed by atoms with E-state index >= 15 is 0 Å². The van der Waals surface area contributed by atoms with Crippen molar-refractivity contribution in [3.05, 3.63) is 35.6 Å². The second kappa shape index (κ2) is 5.90. The van der Waals surface area contributed by atoms with Crippen LogP contribution in [-0.4, -0.2) is 35.5 Å². The number of benzene rings is 1. The van der Waals surface area contributed by atoms with E-state index in [4.69, 9.17) is 0 Å². The fraction of sp³-hybridized carbons (Fsp3) is 0.429. The fourth-order valence-electron chi connectivity index (χ4n) is 2.07. The van der Waals surface area contributed by atoms with Gasteiger partial charge in [-0.05, 0) is 31.5 Å². The molecule has 0 bridgehead atoms.